The minimum Gasteiger partial charge on any atom is -0.481 e. The van der Waals surface area contributed by atoms with Gasteiger partial charge in [0, 0.05) is 51.3 Å². The van der Waals surface area contributed by atoms with Crippen LogP contribution in [0.25, 0.3) is 0 Å². The Labute approximate surface area is 246 Å². The van der Waals surface area contributed by atoms with Crippen LogP contribution in [0.1, 0.15) is 30.9 Å². The summed E-state index contributed by atoms with van der Waals surface area (Å²) in [6.07, 6.45) is 0.407. The number of nitrogens with two attached hydrogens (primary N) is 1. The number of hydrogen-bond acceptors (Lipinski definition) is 6. The van der Waals surface area contributed by atoms with Crippen LogP contribution in [-0.4, -0.2) is 91.1 Å². The molecule has 0 aliphatic carbocycles. The van der Waals surface area contributed by atoms with E-state index in [0.29, 0.717) is 17.9 Å². The number of rotatable bonds is 16. The molecule has 0 fully saturated rings. The van der Waals surface area contributed by atoms with Crippen LogP contribution < -0.4 is 11.1 Å². The van der Waals surface area contributed by atoms with E-state index in [-0.39, 0.29) is 43.7 Å². The number of carbonyl (C=O) groups is 4. The Balaban J connectivity index is 2.05. The smallest absolute Gasteiger partial charge is 0.304 e. The van der Waals surface area contributed by atoms with Gasteiger partial charge in [0.2, 0.25) is 17.7 Å². The molecule has 2 aromatic rings. The number of halogens is 1. The normalized spacial score (nSPS) is 13.9. The van der Waals surface area contributed by atoms with Gasteiger partial charge in [-0.15, -0.1) is 0 Å². The molecule has 0 heterocycles. The molecule has 41 heavy (non-hydrogen) atoms. The van der Waals surface area contributed by atoms with Crippen molar-refractivity contribution in [2.45, 2.75) is 50.7 Å². The number of aliphatic carboxylic acids is 1. The molecule has 0 aliphatic heterocycles. The van der Waals surface area contributed by atoms with Crippen molar-refractivity contribution in [1.29, 1.82) is 0 Å². The standard InChI is InChI=1S/C30H41ClN4O6/c1-20(34(2)29(39)23(16-28(37)38)14-21-8-6-5-7-9-21)18-33-27(36)17-25(15-22-10-12-24(31)13-11-22)35(3)30(40)26(32)19-41-4/h5-13,20,23,25-26H,14-19,32H2,1-4H3,(H,33,36)(H,37,38). The molecular formula is C30H41ClN4O6. The number of nitrogens with one attached hydrogen (secondary N) is 1. The Hall–Kier alpha value is -3.47. The lowest BCUT2D eigenvalue weighted by atomic mass is 9.94. The van der Waals surface area contributed by atoms with Crippen molar-refractivity contribution in [2.75, 3.05) is 34.4 Å². The first-order valence-electron chi connectivity index (χ1n) is 13.5. The van der Waals surface area contributed by atoms with Gasteiger partial charge >= 0.3 is 5.97 Å². The van der Waals surface area contributed by atoms with Crippen molar-refractivity contribution < 1.29 is 29.0 Å². The van der Waals surface area contributed by atoms with Gasteiger partial charge in [-0.05, 0) is 43.0 Å². The minimum absolute atomic E-state index is 0.00456. The predicted octanol–water partition coefficient (Wildman–Crippen LogP) is 2.37. The van der Waals surface area contributed by atoms with Crippen molar-refractivity contribution in [3.63, 3.8) is 0 Å². The molecule has 10 nitrogen and oxygen atoms in total. The zero-order chi connectivity index (χ0) is 30.5. The largest absolute Gasteiger partial charge is 0.481 e. The number of carbonyl (C=O) groups excluding carboxylic acids is 3. The summed E-state index contributed by atoms with van der Waals surface area (Å²) in [6, 6.07) is 14.7. The van der Waals surface area contributed by atoms with E-state index < -0.39 is 30.0 Å². The molecular weight excluding hydrogens is 548 g/mol. The van der Waals surface area contributed by atoms with Crippen molar-refractivity contribution in [3.8, 4) is 0 Å². The lowest BCUT2D eigenvalue weighted by molar-refractivity contribution is -0.144. The number of carboxylic acids is 1. The third kappa shape index (κ3) is 11.1. The molecule has 4 unspecified atom stereocenters. The van der Waals surface area contributed by atoms with Crippen LogP contribution in [0, 0.1) is 5.92 Å². The van der Waals surface area contributed by atoms with Crippen LogP contribution in [0.2, 0.25) is 5.02 Å². The number of likely N-dealkylation sites (N-methyl/N-ethyl adjacent to an activating group) is 2. The highest BCUT2D eigenvalue weighted by Crippen LogP contribution is 2.18. The summed E-state index contributed by atoms with van der Waals surface area (Å²) in [7, 11) is 4.67. The summed E-state index contributed by atoms with van der Waals surface area (Å²) in [5.74, 6) is -2.75. The third-order valence-electron chi connectivity index (χ3n) is 7.06. The lowest BCUT2D eigenvalue weighted by Crippen LogP contribution is -2.51. The molecule has 4 N–H and O–H groups in total. The fraction of sp³-hybridized carbons (Fsp3) is 0.467. The van der Waals surface area contributed by atoms with E-state index in [1.54, 1.807) is 33.2 Å². The van der Waals surface area contributed by atoms with E-state index in [2.05, 4.69) is 5.32 Å². The Kier molecular flexibility index (Phi) is 13.8. The molecule has 11 heteroatoms. The average molecular weight is 589 g/mol. The Morgan fingerprint density at radius 1 is 0.927 bits per heavy atom. The van der Waals surface area contributed by atoms with E-state index in [1.165, 1.54) is 16.9 Å². The fourth-order valence-electron chi connectivity index (χ4n) is 4.48. The van der Waals surface area contributed by atoms with Crippen molar-refractivity contribution >= 4 is 35.3 Å². The summed E-state index contributed by atoms with van der Waals surface area (Å²) in [5, 5.41) is 12.8. The second-order valence-corrected chi connectivity index (χ2v) is 10.7. The number of amides is 3. The van der Waals surface area contributed by atoms with Gasteiger partial charge in [0.15, 0.2) is 0 Å². The zero-order valence-corrected chi connectivity index (χ0v) is 24.8. The Morgan fingerprint density at radius 2 is 1.54 bits per heavy atom. The topological polar surface area (TPSA) is 142 Å². The maximum atomic E-state index is 13.2. The minimum atomic E-state index is -1.05. The van der Waals surface area contributed by atoms with E-state index in [4.69, 9.17) is 22.1 Å². The molecule has 2 aromatic carbocycles. The van der Waals surface area contributed by atoms with Crippen molar-refractivity contribution in [3.05, 3.63) is 70.7 Å². The van der Waals surface area contributed by atoms with Gasteiger partial charge in [-0.25, -0.2) is 0 Å². The number of ether oxygens (including phenoxy) is 1. The SMILES string of the molecule is COCC(N)C(=O)N(C)C(CC(=O)NCC(C)N(C)C(=O)C(CC(=O)O)Cc1ccccc1)Cc1ccc(Cl)cc1. The first-order chi connectivity index (χ1) is 19.4. The summed E-state index contributed by atoms with van der Waals surface area (Å²) >= 11 is 6.01. The number of benzene rings is 2. The summed E-state index contributed by atoms with van der Waals surface area (Å²) in [5.41, 5.74) is 7.73. The summed E-state index contributed by atoms with van der Waals surface area (Å²) in [6.45, 7) is 1.98. The maximum Gasteiger partial charge on any atom is 0.304 e. The molecule has 0 saturated heterocycles. The van der Waals surface area contributed by atoms with Crippen molar-refractivity contribution in [2.24, 2.45) is 11.7 Å². The highest BCUT2D eigenvalue weighted by Gasteiger charge is 2.29. The molecule has 2 rings (SSSR count). The third-order valence-corrected chi connectivity index (χ3v) is 7.31. The van der Waals surface area contributed by atoms with Gasteiger partial charge in [0.05, 0.1) is 18.9 Å². The second-order valence-electron chi connectivity index (χ2n) is 10.3. The average Bonchev–Trinajstić information content (AvgIpc) is 2.95. The van der Waals surface area contributed by atoms with Gasteiger partial charge in [-0.1, -0.05) is 54.1 Å². The molecule has 4 atom stereocenters. The predicted molar refractivity (Wildman–Crippen MR) is 157 cm³/mol. The van der Waals surface area contributed by atoms with Gasteiger partial charge in [-0.3, -0.25) is 19.2 Å². The fourth-order valence-corrected chi connectivity index (χ4v) is 4.60. The number of carboxylic acid groups (broad SMARTS) is 1. The van der Waals surface area contributed by atoms with Crippen LogP contribution in [0.15, 0.2) is 54.6 Å². The van der Waals surface area contributed by atoms with Gasteiger partial charge in [0.1, 0.15) is 6.04 Å². The van der Waals surface area contributed by atoms with Crippen LogP contribution in [-0.2, 0) is 36.8 Å². The molecule has 0 aliphatic rings. The maximum absolute atomic E-state index is 13.2. The van der Waals surface area contributed by atoms with E-state index in [0.717, 1.165) is 11.1 Å². The van der Waals surface area contributed by atoms with Gasteiger partial charge in [0.25, 0.3) is 0 Å². The first kappa shape index (κ1) is 33.7. The number of nitrogens with zero attached hydrogens (tertiary/aromatic N) is 2. The van der Waals surface area contributed by atoms with Crippen molar-refractivity contribution in [1.82, 2.24) is 15.1 Å². The first-order valence-corrected chi connectivity index (χ1v) is 13.8. The van der Waals surface area contributed by atoms with Crippen LogP contribution >= 0.6 is 11.6 Å². The van der Waals surface area contributed by atoms with Crippen LogP contribution in [0.3, 0.4) is 0 Å². The summed E-state index contributed by atoms with van der Waals surface area (Å²) in [4.78, 5) is 53.6. The van der Waals surface area contributed by atoms with E-state index in [9.17, 15) is 24.3 Å². The molecule has 224 valence electrons. The molecule has 0 radical (unpaired) electrons. The van der Waals surface area contributed by atoms with Crippen LogP contribution in [0.4, 0.5) is 0 Å². The van der Waals surface area contributed by atoms with Crippen LogP contribution in [0.5, 0.6) is 0 Å². The molecule has 0 saturated carbocycles. The number of hydrogen-bond donors (Lipinski definition) is 3. The van der Waals surface area contributed by atoms with Gasteiger partial charge < -0.3 is 30.7 Å². The Bertz CT molecular complexity index is 1150. The molecule has 0 bridgehead atoms. The molecule has 0 spiro atoms. The highest BCUT2D eigenvalue weighted by molar-refractivity contribution is 6.30. The lowest BCUT2D eigenvalue weighted by Gasteiger charge is -2.31. The van der Waals surface area contributed by atoms with E-state index >= 15 is 0 Å². The highest BCUT2D eigenvalue weighted by atomic mass is 35.5. The van der Waals surface area contributed by atoms with Gasteiger partial charge in [-0.2, -0.15) is 0 Å². The summed E-state index contributed by atoms with van der Waals surface area (Å²) < 4.78 is 5.01. The Morgan fingerprint density at radius 3 is 2.12 bits per heavy atom. The zero-order valence-electron chi connectivity index (χ0n) is 24.1. The molecule has 0 aromatic heterocycles. The molecule has 3 amide bonds. The number of methoxy groups -OCH3 is 1. The quantitative estimate of drug-likeness (QED) is 0.273. The second kappa shape index (κ2) is 16.7. The monoisotopic (exact) mass is 588 g/mol. The van der Waals surface area contributed by atoms with E-state index in [1.807, 2.05) is 42.5 Å².